The van der Waals surface area contributed by atoms with Gasteiger partial charge in [-0.3, -0.25) is 0 Å². The zero-order chi connectivity index (χ0) is 20.6. The predicted octanol–water partition coefficient (Wildman–Crippen LogP) is 7.45. The second-order valence-electron chi connectivity index (χ2n) is 12.7. The van der Waals surface area contributed by atoms with E-state index in [2.05, 4.69) is 40.7 Å². The molecule has 0 heterocycles. The van der Waals surface area contributed by atoms with Gasteiger partial charge in [-0.05, 0) is 102 Å². The molecule has 1 nitrogen and oxygen atoms in total. The van der Waals surface area contributed by atoms with Crippen LogP contribution in [-0.2, 0) is 0 Å². The smallest absolute Gasteiger partial charge is 0.0594 e. The summed E-state index contributed by atoms with van der Waals surface area (Å²) in [5, 5.41) is 10.7. The van der Waals surface area contributed by atoms with Crippen LogP contribution in [0.2, 0.25) is 0 Å². The Kier molecular flexibility index (Phi) is 4.71. The molecular weight excluding hydrogens is 352 g/mol. The summed E-state index contributed by atoms with van der Waals surface area (Å²) in [6.45, 7) is 12.4. The van der Waals surface area contributed by atoms with Gasteiger partial charge in [0.15, 0.2) is 0 Å². The first-order valence-corrected chi connectivity index (χ1v) is 12.8. The molecule has 2 unspecified atom stereocenters. The van der Waals surface area contributed by atoms with E-state index in [-0.39, 0.29) is 11.5 Å². The second-order valence-corrected chi connectivity index (χ2v) is 12.7. The summed E-state index contributed by atoms with van der Waals surface area (Å²) >= 11 is 0. The van der Waals surface area contributed by atoms with Crippen molar-refractivity contribution in [3.8, 4) is 0 Å². The van der Waals surface area contributed by atoms with Crippen LogP contribution >= 0.6 is 0 Å². The summed E-state index contributed by atoms with van der Waals surface area (Å²) in [5.74, 6) is 3.40. The maximum atomic E-state index is 10.7. The van der Waals surface area contributed by atoms with Crippen molar-refractivity contribution in [3.63, 3.8) is 0 Å². The molecule has 0 aromatic rings. The average Bonchev–Trinajstić information content (AvgIpc) is 2.99. The van der Waals surface area contributed by atoms with Crippen molar-refractivity contribution in [2.45, 2.75) is 111 Å². The van der Waals surface area contributed by atoms with Gasteiger partial charge in [0.05, 0.1) is 6.10 Å². The van der Waals surface area contributed by atoms with E-state index in [0.29, 0.717) is 16.7 Å². The minimum Gasteiger partial charge on any atom is -0.393 e. The minimum atomic E-state index is -0.126. The lowest BCUT2D eigenvalue weighted by Gasteiger charge is -2.59. The van der Waals surface area contributed by atoms with Crippen LogP contribution in [-0.4, -0.2) is 11.2 Å². The van der Waals surface area contributed by atoms with Gasteiger partial charge in [-0.15, -0.1) is 0 Å². The summed E-state index contributed by atoms with van der Waals surface area (Å²) in [4.78, 5) is 0. The van der Waals surface area contributed by atoms with E-state index in [1.165, 1.54) is 64.2 Å². The normalized spacial score (nSPS) is 45.0. The lowest BCUT2D eigenvalue weighted by molar-refractivity contribution is -0.0905. The Labute approximate surface area is 179 Å². The quantitative estimate of drug-likeness (QED) is 0.525. The van der Waals surface area contributed by atoms with Gasteiger partial charge in [0.1, 0.15) is 0 Å². The van der Waals surface area contributed by atoms with Crippen LogP contribution < -0.4 is 0 Å². The molecular formula is C28H44O. The van der Waals surface area contributed by atoms with E-state index in [0.717, 1.165) is 24.2 Å². The molecule has 5 aliphatic carbocycles. The van der Waals surface area contributed by atoms with Gasteiger partial charge < -0.3 is 5.11 Å². The average molecular weight is 397 g/mol. The zero-order valence-corrected chi connectivity index (χ0v) is 19.7. The van der Waals surface area contributed by atoms with Gasteiger partial charge in [-0.1, -0.05) is 65.5 Å². The first kappa shape index (κ1) is 20.3. The standard InChI is InChI=1S/C28H44O/c1-18(17-19-7-6-8-19)21-10-11-22-20-9-12-24-26(2,3)25(29)14-16-28(24,5)23(20)13-15-27(21,22)4/h11,18-19,21,24-25,29H,6-10,12-17H2,1-5H3/t18-,21-,24?,25?,27-,28-/m1/s1. The van der Waals surface area contributed by atoms with Gasteiger partial charge in [0.25, 0.3) is 0 Å². The van der Waals surface area contributed by atoms with Crippen LogP contribution in [0, 0.1) is 39.9 Å². The molecule has 0 spiro atoms. The monoisotopic (exact) mass is 396 g/mol. The van der Waals surface area contributed by atoms with Gasteiger partial charge in [-0.2, -0.15) is 0 Å². The minimum absolute atomic E-state index is 0.0517. The molecule has 2 fully saturated rings. The zero-order valence-electron chi connectivity index (χ0n) is 19.7. The maximum Gasteiger partial charge on any atom is 0.0594 e. The van der Waals surface area contributed by atoms with Gasteiger partial charge in [-0.25, -0.2) is 0 Å². The molecule has 0 amide bonds. The molecule has 2 saturated carbocycles. The Morgan fingerprint density at radius 2 is 1.76 bits per heavy atom. The highest BCUT2D eigenvalue weighted by atomic mass is 16.3. The summed E-state index contributed by atoms with van der Waals surface area (Å²) in [7, 11) is 0. The van der Waals surface area contributed by atoms with Crippen LogP contribution in [0.5, 0.6) is 0 Å². The Morgan fingerprint density at radius 3 is 2.45 bits per heavy atom. The number of hydrogen-bond acceptors (Lipinski definition) is 1. The molecule has 0 aliphatic heterocycles. The molecule has 0 aromatic carbocycles. The van der Waals surface area contributed by atoms with Crippen molar-refractivity contribution in [3.05, 3.63) is 22.8 Å². The lowest BCUT2D eigenvalue weighted by atomic mass is 9.46. The van der Waals surface area contributed by atoms with E-state index in [4.69, 9.17) is 0 Å². The van der Waals surface area contributed by atoms with E-state index in [9.17, 15) is 5.11 Å². The number of aliphatic hydroxyl groups excluding tert-OH is 1. The predicted molar refractivity (Wildman–Crippen MR) is 122 cm³/mol. The lowest BCUT2D eigenvalue weighted by Crippen LogP contribution is -2.53. The van der Waals surface area contributed by atoms with Crippen LogP contribution in [0.15, 0.2) is 22.8 Å². The Balaban J connectivity index is 1.44. The number of allylic oxidation sites excluding steroid dienone is 4. The summed E-state index contributed by atoms with van der Waals surface area (Å²) in [6, 6.07) is 0. The number of hydrogen-bond donors (Lipinski definition) is 1. The third-order valence-electron chi connectivity index (χ3n) is 11.0. The molecule has 1 N–H and O–H groups in total. The third-order valence-corrected chi connectivity index (χ3v) is 11.0. The summed E-state index contributed by atoms with van der Waals surface area (Å²) in [5.41, 5.74) is 6.15. The van der Waals surface area contributed by atoms with Crippen molar-refractivity contribution < 1.29 is 5.11 Å². The Hall–Kier alpha value is -0.560. The van der Waals surface area contributed by atoms with Crippen LogP contribution in [0.3, 0.4) is 0 Å². The van der Waals surface area contributed by atoms with Crippen molar-refractivity contribution in [2.24, 2.45) is 39.9 Å². The molecule has 6 atom stereocenters. The van der Waals surface area contributed by atoms with Crippen molar-refractivity contribution in [1.82, 2.24) is 0 Å². The van der Waals surface area contributed by atoms with E-state index in [1.54, 1.807) is 11.1 Å². The Morgan fingerprint density at radius 1 is 1.00 bits per heavy atom. The molecule has 0 saturated heterocycles. The number of aliphatic hydroxyl groups is 1. The van der Waals surface area contributed by atoms with Crippen molar-refractivity contribution in [2.75, 3.05) is 0 Å². The molecule has 0 radical (unpaired) electrons. The van der Waals surface area contributed by atoms with E-state index >= 15 is 0 Å². The fraction of sp³-hybridized carbons (Fsp3) is 0.857. The van der Waals surface area contributed by atoms with Crippen LogP contribution in [0.4, 0.5) is 0 Å². The highest BCUT2D eigenvalue weighted by Crippen LogP contribution is 2.66. The van der Waals surface area contributed by atoms with Gasteiger partial charge in [0, 0.05) is 0 Å². The Bertz CT molecular complexity index is 737. The van der Waals surface area contributed by atoms with Gasteiger partial charge >= 0.3 is 0 Å². The molecule has 0 aromatic heterocycles. The summed E-state index contributed by atoms with van der Waals surface area (Å²) < 4.78 is 0. The highest BCUT2D eigenvalue weighted by Gasteiger charge is 2.57. The first-order valence-electron chi connectivity index (χ1n) is 12.8. The molecule has 0 bridgehead atoms. The fourth-order valence-corrected chi connectivity index (χ4v) is 9.00. The fourth-order valence-electron chi connectivity index (χ4n) is 9.00. The molecule has 5 rings (SSSR count). The second kappa shape index (κ2) is 6.72. The molecule has 1 heteroatoms. The van der Waals surface area contributed by atoms with Gasteiger partial charge in [0.2, 0.25) is 0 Å². The number of rotatable bonds is 3. The first-order chi connectivity index (χ1) is 13.7. The SMILES string of the molecule is C[C@H](CC1CCC1)[C@H]1CC=C2C3=C(CC[C@@]21C)[C@@]1(C)CCC(O)C(C)(C)C1CC3. The van der Waals surface area contributed by atoms with Crippen molar-refractivity contribution in [1.29, 1.82) is 0 Å². The summed E-state index contributed by atoms with van der Waals surface area (Å²) in [6.07, 6.45) is 17.2. The van der Waals surface area contributed by atoms with E-state index in [1.807, 2.05) is 5.57 Å². The highest BCUT2D eigenvalue weighted by molar-refractivity contribution is 5.49. The largest absolute Gasteiger partial charge is 0.393 e. The van der Waals surface area contributed by atoms with Crippen molar-refractivity contribution >= 4 is 0 Å². The third kappa shape index (κ3) is 2.81. The van der Waals surface area contributed by atoms with Crippen LogP contribution in [0.1, 0.15) is 105 Å². The van der Waals surface area contributed by atoms with Crippen LogP contribution in [0.25, 0.3) is 0 Å². The molecule has 5 aliphatic rings. The maximum absolute atomic E-state index is 10.7. The topological polar surface area (TPSA) is 20.2 Å². The number of fused-ring (bicyclic) bond motifs is 4. The molecule has 162 valence electrons. The molecule has 29 heavy (non-hydrogen) atoms. The van der Waals surface area contributed by atoms with E-state index < -0.39 is 0 Å².